The van der Waals surface area contributed by atoms with Gasteiger partial charge >= 0.3 is 0 Å². The van der Waals surface area contributed by atoms with E-state index in [-0.39, 0.29) is 11.7 Å². The summed E-state index contributed by atoms with van der Waals surface area (Å²) >= 11 is 0. The molecular formula is C15H16FN3O. The zero-order valence-corrected chi connectivity index (χ0v) is 11.4. The van der Waals surface area contributed by atoms with Crippen LogP contribution in [0.1, 0.15) is 21.6 Å². The van der Waals surface area contributed by atoms with Gasteiger partial charge in [-0.15, -0.1) is 0 Å². The van der Waals surface area contributed by atoms with Crippen molar-refractivity contribution in [1.29, 1.82) is 0 Å². The molecular weight excluding hydrogens is 257 g/mol. The lowest BCUT2D eigenvalue weighted by Crippen LogP contribution is -2.27. The van der Waals surface area contributed by atoms with Crippen molar-refractivity contribution in [3.8, 4) is 0 Å². The number of carbonyl (C=O) groups is 1. The lowest BCUT2D eigenvalue weighted by molar-refractivity contribution is 0.0784. The molecule has 5 heteroatoms. The molecule has 4 nitrogen and oxygen atoms in total. The first-order valence-corrected chi connectivity index (χ1v) is 6.19. The number of halogens is 1. The van der Waals surface area contributed by atoms with Crippen LogP contribution in [-0.4, -0.2) is 22.8 Å². The van der Waals surface area contributed by atoms with E-state index in [1.54, 1.807) is 32.2 Å². The van der Waals surface area contributed by atoms with Gasteiger partial charge in [-0.3, -0.25) is 9.78 Å². The summed E-state index contributed by atoms with van der Waals surface area (Å²) < 4.78 is 13.1. The second kappa shape index (κ2) is 5.69. The van der Waals surface area contributed by atoms with Crippen LogP contribution >= 0.6 is 0 Å². The Balaban J connectivity index is 2.18. The zero-order chi connectivity index (χ0) is 14.7. The lowest BCUT2D eigenvalue weighted by Gasteiger charge is -2.18. The number of aryl methyl sites for hydroxylation is 1. The van der Waals surface area contributed by atoms with Gasteiger partial charge in [0.15, 0.2) is 0 Å². The van der Waals surface area contributed by atoms with Crippen molar-refractivity contribution in [2.24, 2.45) is 0 Å². The summed E-state index contributed by atoms with van der Waals surface area (Å²) in [6.07, 6.45) is 1.51. The maximum absolute atomic E-state index is 13.1. The summed E-state index contributed by atoms with van der Waals surface area (Å²) in [4.78, 5) is 17.9. The highest BCUT2D eigenvalue weighted by atomic mass is 19.1. The molecule has 104 valence electrons. The third kappa shape index (κ3) is 3.12. The Morgan fingerprint density at radius 3 is 2.85 bits per heavy atom. The maximum atomic E-state index is 13.1. The molecule has 0 radical (unpaired) electrons. The van der Waals surface area contributed by atoms with Crippen LogP contribution < -0.4 is 5.73 Å². The molecule has 0 bridgehead atoms. The van der Waals surface area contributed by atoms with E-state index >= 15 is 0 Å². The number of benzene rings is 1. The average Bonchev–Trinajstić information content (AvgIpc) is 2.40. The molecule has 0 fully saturated rings. The predicted molar refractivity (Wildman–Crippen MR) is 75.6 cm³/mol. The van der Waals surface area contributed by atoms with Gasteiger partial charge in [-0.2, -0.15) is 0 Å². The van der Waals surface area contributed by atoms with E-state index in [0.29, 0.717) is 23.5 Å². The Bertz CT molecular complexity index is 643. The number of pyridine rings is 1. The number of rotatable bonds is 3. The van der Waals surface area contributed by atoms with Gasteiger partial charge in [0.2, 0.25) is 0 Å². The smallest absolute Gasteiger partial charge is 0.255 e. The zero-order valence-electron chi connectivity index (χ0n) is 11.4. The molecule has 0 aliphatic rings. The SMILES string of the molecule is Cc1ncc(N)cc1C(=O)N(C)Cc1cccc(F)c1. The first-order valence-electron chi connectivity index (χ1n) is 6.19. The minimum atomic E-state index is -0.315. The lowest BCUT2D eigenvalue weighted by atomic mass is 10.1. The number of amides is 1. The van der Waals surface area contributed by atoms with Gasteiger partial charge in [-0.05, 0) is 30.7 Å². The van der Waals surface area contributed by atoms with Crippen LogP contribution in [0.25, 0.3) is 0 Å². The molecule has 2 rings (SSSR count). The molecule has 1 aromatic heterocycles. The molecule has 20 heavy (non-hydrogen) atoms. The number of hydrogen-bond acceptors (Lipinski definition) is 3. The maximum Gasteiger partial charge on any atom is 0.255 e. The first kappa shape index (κ1) is 14.0. The number of hydrogen-bond donors (Lipinski definition) is 1. The number of carbonyl (C=O) groups excluding carboxylic acids is 1. The topological polar surface area (TPSA) is 59.2 Å². The molecule has 1 aromatic carbocycles. The highest BCUT2D eigenvalue weighted by Crippen LogP contribution is 2.14. The predicted octanol–water partition coefficient (Wildman–Crippen LogP) is 2.38. The summed E-state index contributed by atoms with van der Waals surface area (Å²) in [5.74, 6) is -0.503. The van der Waals surface area contributed by atoms with Gasteiger partial charge in [0.05, 0.1) is 23.1 Å². The minimum Gasteiger partial charge on any atom is -0.397 e. The van der Waals surface area contributed by atoms with E-state index in [9.17, 15) is 9.18 Å². The van der Waals surface area contributed by atoms with Gasteiger partial charge in [-0.1, -0.05) is 12.1 Å². The second-order valence-corrected chi connectivity index (χ2v) is 4.69. The third-order valence-electron chi connectivity index (χ3n) is 2.99. The number of nitrogens with zero attached hydrogens (tertiary/aromatic N) is 2. The third-order valence-corrected chi connectivity index (χ3v) is 2.99. The number of anilines is 1. The molecule has 1 heterocycles. The van der Waals surface area contributed by atoms with Crippen molar-refractivity contribution in [3.63, 3.8) is 0 Å². The molecule has 2 N–H and O–H groups in total. The average molecular weight is 273 g/mol. The van der Waals surface area contributed by atoms with E-state index in [1.165, 1.54) is 23.2 Å². The standard InChI is InChI=1S/C15H16FN3O/c1-10-14(7-13(17)8-18-10)15(20)19(2)9-11-4-3-5-12(16)6-11/h3-8H,9,17H2,1-2H3. The number of nitrogens with two attached hydrogens (primary N) is 1. The van der Waals surface area contributed by atoms with Gasteiger partial charge in [0, 0.05) is 13.6 Å². The van der Waals surface area contributed by atoms with Crippen molar-refractivity contribution in [3.05, 3.63) is 59.2 Å². The summed E-state index contributed by atoms with van der Waals surface area (Å²) in [7, 11) is 1.66. The molecule has 1 amide bonds. The Labute approximate surface area is 117 Å². The Kier molecular flexibility index (Phi) is 3.98. The summed E-state index contributed by atoms with van der Waals surface area (Å²) in [5, 5.41) is 0. The monoisotopic (exact) mass is 273 g/mol. The Hall–Kier alpha value is -2.43. The second-order valence-electron chi connectivity index (χ2n) is 4.69. The van der Waals surface area contributed by atoms with Crippen molar-refractivity contribution in [2.75, 3.05) is 12.8 Å². The summed E-state index contributed by atoms with van der Waals surface area (Å²) in [6, 6.07) is 7.78. The fourth-order valence-corrected chi connectivity index (χ4v) is 1.95. The van der Waals surface area contributed by atoms with E-state index in [0.717, 1.165) is 5.56 Å². The molecule has 0 saturated carbocycles. The van der Waals surface area contributed by atoms with E-state index < -0.39 is 0 Å². The van der Waals surface area contributed by atoms with Gasteiger partial charge in [-0.25, -0.2) is 4.39 Å². The van der Waals surface area contributed by atoms with Crippen LogP contribution in [-0.2, 0) is 6.54 Å². The summed E-state index contributed by atoms with van der Waals surface area (Å²) in [5.41, 5.74) is 7.91. The largest absolute Gasteiger partial charge is 0.397 e. The van der Waals surface area contributed by atoms with E-state index in [1.807, 2.05) is 0 Å². The van der Waals surface area contributed by atoms with Crippen molar-refractivity contribution < 1.29 is 9.18 Å². The van der Waals surface area contributed by atoms with Crippen LogP contribution in [0.5, 0.6) is 0 Å². The molecule has 0 atom stereocenters. The van der Waals surface area contributed by atoms with Crippen LogP contribution in [0.15, 0.2) is 36.5 Å². The van der Waals surface area contributed by atoms with Crippen molar-refractivity contribution in [2.45, 2.75) is 13.5 Å². The Morgan fingerprint density at radius 1 is 1.40 bits per heavy atom. The number of nitrogen functional groups attached to an aromatic ring is 1. The van der Waals surface area contributed by atoms with E-state index in [2.05, 4.69) is 4.98 Å². The molecule has 0 aliphatic carbocycles. The fourth-order valence-electron chi connectivity index (χ4n) is 1.95. The van der Waals surface area contributed by atoms with Gasteiger partial charge in [0.1, 0.15) is 5.82 Å². The molecule has 0 saturated heterocycles. The van der Waals surface area contributed by atoms with Crippen LogP contribution in [0.2, 0.25) is 0 Å². The molecule has 0 unspecified atom stereocenters. The van der Waals surface area contributed by atoms with Gasteiger partial charge < -0.3 is 10.6 Å². The minimum absolute atomic E-state index is 0.188. The summed E-state index contributed by atoms with van der Waals surface area (Å²) in [6.45, 7) is 2.08. The van der Waals surface area contributed by atoms with Gasteiger partial charge in [0.25, 0.3) is 5.91 Å². The van der Waals surface area contributed by atoms with E-state index in [4.69, 9.17) is 5.73 Å². The van der Waals surface area contributed by atoms with Crippen LogP contribution in [0, 0.1) is 12.7 Å². The van der Waals surface area contributed by atoms with Crippen LogP contribution in [0.4, 0.5) is 10.1 Å². The normalized spacial score (nSPS) is 10.3. The van der Waals surface area contributed by atoms with Crippen LogP contribution in [0.3, 0.4) is 0 Å². The Morgan fingerprint density at radius 2 is 2.15 bits per heavy atom. The fraction of sp³-hybridized carbons (Fsp3) is 0.200. The highest BCUT2D eigenvalue weighted by Gasteiger charge is 2.15. The first-order chi connectivity index (χ1) is 9.47. The van der Waals surface area contributed by atoms with Crippen molar-refractivity contribution >= 4 is 11.6 Å². The molecule has 2 aromatic rings. The highest BCUT2D eigenvalue weighted by molar-refractivity contribution is 5.95. The quantitative estimate of drug-likeness (QED) is 0.934. The number of aromatic nitrogens is 1. The molecule has 0 aliphatic heterocycles. The van der Waals surface area contributed by atoms with Crippen molar-refractivity contribution in [1.82, 2.24) is 9.88 Å². The molecule has 0 spiro atoms.